The van der Waals surface area contributed by atoms with Gasteiger partial charge in [0.05, 0.1) is 34.7 Å². The van der Waals surface area contributed by atoms with Crippen molar-refractivity contribution in [2.75, 3.05) is 26.3 Å². The summed E-state index contributed by atoms with van der Waals surface area (Å²) in [5, 5.41) is 0.219. The monoisotopic (exact) mass is 648 g/mol. The topological polar surface area (TPSA) is 134 Å². The van der Waals surface area contributed by atoms with Crippen molar-refractivity contribution in [1.29, 1.82) is 0 Å². The van der Waals surface area contributed by atoms with E-state index in [1.807, 2.05) is 0 Å². The van der Waals surface area contributed by atoms with Crippen LogP contribution in [0.25, 0.3) is 16.6 Å². The van der Waals surface area contributed by atoms with E-state index in [2.05, 4.69) is 20.9 Å². The summed E-state index contributed by atoms with van der Waals surface area (Å²) in [7, 11) is -3.81. The summed E-state index contributed by atoms with van der Waals surface area (Å²) in [6.07, 6.45) is -2.82. The number of aromatic nitrogens is 2. The first-order chi connectivity index (χ1) is 19.5. The second-order valence-electron chi connectivity index (χ2n) is 9.19. The molecule has 5 rings (SSSR count). The van der Waals surface area contributed by atoms with E-state index in [0.717, 1.165) is 16.7 Å². The summed E-state index contributed by atoms with van der Waals surface area (Å²) in [5.41, 5.74) is 5.37. The number of benzene rings is 3. The van der Waals surface area contributed by atoms with Gasteiger partial charge in [0.1, 0.15) is 11.6 Å². The van der Waals surface area contributed by atoms with Crippen LogP contribution in [-0.2, 0) is 25.9 Å². The Morgan fingerprint density at radius 2 is 1.71 bits per heavy atom. The smallest absolute Gasteiger partial charge is 0.405 e. The summed E-state index contributed by atoms with van der Waals surface area (Å²) >= 11 is 3.35. The third kappa shape index (κ3) is 6.15. The van der Waals surface area contributed by atoms with E-state index in [4.69, 9.17) is 15.2 Å². The lowest BCUT2D eigenvalue weighted by atomic mass is 10.1. The maximum Gasteiger partial charge on any atom is 0.405 e. The molecule has 0 spiro atoms. The molecule has 2 heterocycles. The SMILES string of the molecule is NC(=O)OC(Cc1cc(F)cc(F)c1)c1nc2cc(Br)ccc2c(=O)n1-c1ccc(S(=O)(=O)N2CCOCC2)cc1. The molecule has 1 saturated heterocycles. The van der Waals surface area contributed by atoms with E-state index in [0.29, 0.717) is 10.5 Å². The molecule has 1 atom stereocenters. The summed E-state index contributed by atoms with van der Waals surface area (Å²) in [4.78, 5) is 30.3. The molecule has 1 aliphatic rings. The van der Waals surface area contributed by atoms with Crippen LogP contribution in [0.3, 0.4) is 0 Å². The molecule has 1 unspecified atom stereocenters. The molecule has 14 heteroatoms. The molecular weight excluding hydrogens is 626 g/mol. The van der Waals surface area contributed by atoms with Crippen molar-refractivity contribution < 1.29 is 31.5 Å². The number of hydrogen-bond acceptors (Lipinski definition) is 7. The molecule has 0 radical (unpaired) electrons. The third-order valence-electron chi connectivity index (χ3n) is 6.45. The average molecular weight is 649 g/mol. The minimum absolute atomic E-state index is 0.00981. The van der Waals surface area contributed by atoms with E-state index in [1.165, 1.54) is 28.6 Å². The molecule has 2 N–H and O–H groups in total. The molecular formula is C27H23BrF2N4O6S. The molecule has 10 nitrogen and oxygen atoms in total. The highest BCUT2D eigenvalue weighted by atomic mass is 79.9. The van der Waals surface area contributed by atoms with Crippen molar-refractivity contribution >= 4 is 42.9 Å². The number of halogens is 3. The van der Waals surface area contributed by atoms with Crippen LogP contribution >= 0.6 is 15.9 Å². The predicted molar refractivity (Wildman–Crippen MR) is 148 cm³/mol. The zero-order valence-electron chi connectivity index (χ0n) is 21.3. The van der Waals surface area contributed by atoms with Crippen molar-refractivity contribution in [1.82, 2.24) is 13.9 Å². The first-order valence-electron chi connectivity index (χ1n) is 12.3. The highest BCUT2D eigenvalue weighted by Gasteiger charge is 2.28. The summed E-state index contributed by atoms with van der Waals surface area (Å²) in [5.74, 6) is -1.78. The Morgan fingerprint density at radius 1 is 1.05 bits per heavy atom. The lowest BCUT2D eigenvalue weighted by Gasteiger charge is -2.26. The Morgan fingerprint density at radius 3 is 2.34 bits per heavy atom. The molecule has 1 fully saturated rings. The van der Waals surface area contributed by atoms with Gasteiger partial charge in [-0.2, -0.15) is 4.31 Å². The Balaban J connectivity index is 1.66. The van der Waals surface area contributed by atoms with Crippen molar-refractivity contribution in [3.05, 3.63) is 98.5 Å². The summed E-state index contributed by atoms with van der Waals surface area (Å²) < 4.78 is 67.8. The van der Waals surface area contributed by atoms with Crippen LogP contribution in [-0.4, -0.2) is 54.7 Å². The minimum atomic E-state index is -3.81. The summed E-state index contributed by atoms with van der Waals surface area (Å²) in [6, 6.07) is 13.2. The van der Waals surface area contributed by atoms with Crippen LogP contribution in [0.4, 0.5) is 13.6 Å². The Labute approximate surface area is 241 Å². The quantitative estimate of drug-likeness (QED) is 0.322. The van der Waals surface area contributed by atoms with Gasteiger partial charge in [-0.25, -0.2) is 27.0 Å². The van der Waals surface area contributed by atoms with Gasteiger partial charge in [-0.15, -0.1) is 0 Å². The van der Waals surface area contributed by atoms with Gasteiger partial charge in [-0.05, 0) is 60.2 Å². The number of ether oxygens (including phenoxy) is 2. The second-order valence-corrected chi connectivity index (χ2v) is 12.0. The normalized spacial score (nSPS) is 15.1. The van der Waals surface area contributed by atoms with Crippen molar-refractivity contribution in [2.45, 2.75) is 17.4 Å². The fourth-order valence-electron chi connectivity index (χ4n) is 4.61. The fraction of sp³-hybridized carbons (Fsp3) is 0.222. The van der Waals surface area contributed by atoms with Crippen molar-refractivity contribution in [3.63, 3.8) is 0 Å². The molecule has 214 valence electrons. The zero-order chi connectivity index (χ0) is 29.3. The van der Waals surface area contributed by atoms with Crippen LogP contribution in [0.5, 0.6) is 0 Å². The van der Waals surface area contributed by atoms with Crippen LogP contribution in [0.15, 0.2) is 74.8 Å². The number of nitrogens with two attached hydrogens (primary N) is 1. The van der Waals surface area contributed by atoms with Crippen LogP contribution in [0.1, 0.15) is 17.5 Å². The van der Waals surface area contributed by atoms with Gasteiger partial charge in [0.2, 0.25) is 10.0 Å². The van der Waals surface area contributed by atoms with E-state index < -0.39 is 39.4 Å². The Kier molecular flexibility index (Phi) is 8.18. The number of rotatable bonds is 7. The van der Waals surface area contributed by atoms with E-state index >= 15 is 0 Å². The summed E-state index contributed by atoms with van der Waals surface area (Å²) in [6.45, 7) is 0.992. The lowest BCUT2D eigenvalue weighted by molar-refractivity contribution is 0.0730. The van der Waals surface area contributed by atoms with Gasteiger partial charge >= 0.3 is 6.09 Å². The molecule has 1 aromatic heterocycles. The molecule has 1 amide bonds. The largest absolute Gasteiger partial charge is 0.438 e. The molecule has 41 heavy (non-hydrogen) atoms. The molecule has 0 aliphatic carbocycles. The van der Waals surface area contributed by atoms with Crippen molar-refractivity contribution in [2.24, 2.45) is 5.73 Å². The van der Waals surface area contributed by atoms with E-state index in [9.17, 15) is 26.8 Å². The number of carbonyl (C=O) groups is 1. The maximum atomic E-state index is 14.0. The number of hydrogen-bond donors (Lipinski definition) is 1. The van der Waals surface area contributed by atoms with Crippen molar-refractivity contribution in [3.8, 4) is 5.69 Å². The highest BCUT2D eigenvalue weighted by Crippen LogP contribution is 2.27. The fourth-order valence-corrected chi connectivity index (χ4v) is 6.37. The Hall–Kier alpha value is -3.72. The molecule has 1 aliphatic heterocycles. The third-order valence-corrected chi connectivity index (χ3v) is 8.86. The minimum Gasteiger partial charge on any atom is -0.438 e. The maximum absolute atomic E-state index is 14.0. The average Bonchev–Trinajstić information content (AvgIpc) is 2.92. The van der Waals surface area contributed by atoms with Gasteiger partial charge in [-0.1, -0.05) is 15.9 Å². The number of amides is 1. The van der Waals surface area contributed by atoms with Gasteiger partial charge < -0.3 is 15.2 Å². The van der Waals surface area contributed by atoms with Gasteiger partial charge in [0, 0.05) is 30.0 Å². The van der Waals surface area contributed by atoms with Crippen LogP contribution < -0.4 is 11.3 Å². The number of sulfonamides is 1. The van der Waals surface area contributed by atoms with E-state index in [1.54, 1.807) is 18.2 Å². The second kappa shape index (κ2) is 11.6. The zero-order valence-corrected chi connectivity index (χ0v) is 23.7. The highest BCUT2D eigenvalue weighted by molar-refractivity contribution is 9.10. The molecule has 0 saturated carbocycles. The number of morpholine rings is 1. The standard InChI is InChI=1S/C27H23BrF2N4O6S/c28-17-1-6-22-23(14-17)32-25(24(40-27(31)36)13-16-11-18(29)15-19(30)12-16)34(26(22)35)20-2-4-21(5-3-20)41(37,38)33-7-9-39-10-8-33/h1-6,11-12,14-15,24H,7-10,13H2,(H2,31,36). The lowest BCUT2D eigenvalue weighted by Crippen LogP contribution is -2.40. The molecule has 4 aromatic rings. The number of primary amides is 1. The Bertz CT molecular complexity index is 1770. The first kappa shape index (κ1) is 28.8. The number of nitrogens with zero attached hydrogens (tertiary/aromatic N) is 3. The van der Waals surface area contributed by atoms with Gasteiger partial charge in [0.15, 0.2) is 11.9 Å². The van der Waals surface area contributed by atoms with Crippen LogP contribution in [0.2, 0.25) is 0 Å². The first-order valence-corrected chi connectivity index (χ1v) is 14.6. The van der Waals surface area contributed by atoms with E-state index in [-0.39, 0.29) is 65.6 Å². The van der Waals surface area contributed by atoms with Gasteiger partial charge in [-0.3, -0.25) is 9.36 Å². The number of carbonyl (C=O) groups excluding carboxylic acids is 1. The molecule has 3 aromatic carbocycles. The number of fused-ring (bicyclic) bond motifs is 1. The molecule has 0 bridgehead atoms. The van der Waals surface area contributed by atoms with Gasteiger partial charge in [0.25, 0.3) is 5.56 Å². The van der Waals surface area contributed by atoms with Crippen LogP contribution in [0, 0.1) is 11.6 Å². The predicted octanol–water partition coefficient (Wildman–Crippen LogP) is 3.83.